The normalized spacial score (nSPS) is 16.7. The summed E-state index contributed by atoms with van der Waals surface area (Å²) in [6.45, 7) is 12.1. The molecule has 5 heteroatoms. The molecule has 1 aromatic carbocycles. The molecule has 0 atom stereocenters. The monoisotopic (exact) mass is 373 g/mol. The van der Waals surface area contributed by atoms with Crippen molar-refractivity contribution in [2.24, 2.45) is 10.9 Å². The molecule has 152 valence electrons. The van der Waals surface area contributed by atoms with Gasteiger partial charge in [0.05, 0.1) is 0 Å². The average molecular weight is 374 g/mol. The number of piperidine rings is 1. The van der Waals surface area contributed by atoms with Crippen LogP contribution in [-0.4, -0.2) is 62.6 Å². The first-order valence-electron chi connectivity index (χ1n) is 10.5. The van der Waals surface area contributed by atoms with E-state index in [-0.39, 0.29) is 0 Å². The lowest BCUT2D eigenvalue weighted by atomic mass is 9.99. The van der Waals surface area contributed by atoms with Gasteiger partial charge in [0, 0.05) is 26.7 Å². The van der Waals surface area contributed by atoms with Crippen LogP contribution in [-0.2, 0) is 13.1 Å². The Labute approximate surface area is 166 Å². The van der Waals surface area contributed by atoms with Crippen LogP contribution in [0.3, 0.4) is 0 Å². The van der Waals surface area contributed by atoms with Crippen LogP contribution in [0.2, 0.25) is 0 Å². The lowest BCUT2D eigenvalue weighted by molar-refractivity contribution is 0.191. The first-order chi connectivity index (χ1) is 13.1. The van der Waals surface area contributed by atoms with Gasteiger partial charge in [0.25, 0.3) is 0 Å². The maximum atomic E-state index is 4.35. The van der Waals surface area contributed by atoms with Crippen molar-refractivity contribution in [3.63, 3.8) is 0 Å². The summed E-state index contributed by atoms with van der Waals surface area (Å²) in [7, 11) is 4.00. The van der Waals surface area contributed by atoms with Gasteiger partial charge in [-0.3, -0.25) is 4.99 Å². The highest BCUT2D eigenvalue weighted by atomic mass is 15.2. The van der Waals surface area contributed by atoms with Crippen LogP contribution in [0.15, 0.2) is 29.3 Å². The van der Waals surface area contributed by atoms with E-state index in [0.717, 1.165) is 44.5 Å². The van der Waals surface area contributed by atoms with Gasteiger partial charge in [-0.25, -0.2) is 0 Å². The molecule has 5 nitrogen and oxygen atoms in total. The van der Waals surface area contributed by atoms with Crippen LogP contribution in [0.25, 0.3) is 0 Å². The van der Waals surface area contributed by atoms with Crippen molar-refractivity contribution in [2.45, 2.75) is 46.2 Å². The van der Waals surface area contributed by atoms with Crippen LogP contribution in [0, 0.1) is 5.92 Å². The Morgan fingerprint density at radius 2 is 1.96 bits per heavy atom. The molecule has 27 heavy (non-hydrogen) atoms. The number of nitrogens with one attached hydrogen (secondary N) is 2. The fraction of sp³-hybridized carbons (Fsp3) is 0.682. The smallest absolute Gasteiger partial charge is 0.191 e. The SMILES string of the molecule is CCN(C)Cc1cccc(CNC(=NC)NCCCN2CCC(C)CC2)c1. The van der Waals surface area contributed by atoms with Crippen LogP contribution in [0.1, 0.15) is 44.2 Å². The number of aliphatic imine (C=N–C) groups is 1. The molecule has 1 heterocycles. The molecule has 1 aliphatic heterocycles. The van der Waals surface area contributed by atoms with Crippen molar-refractivity contribution in [1.29, 1.82) is 0 Å². The lowest BCUT2D eigenvalue weighted by Gasteiger charge is -2.30. The first kappa shape index (κ1) is 21.7. The largest absolute Gasteiger partial charge is 0.356 e. The zero-order valence-corrected chi connectivity index (χ0v) is 17.8. The molecule has 1 fully saturated rings. The van der Waals surface area contributed by atoms with Gasteiger partial charge in [-0.1, -0.05) is 38.1 Å². The minimum atomic E-state index is 0.799. The Hall–Kier alpha value is -1.59. The molecule has 2 rings (SSSR count). The Kier molecular flexibility index (Phi) is 9.64. The molecule has 1 aliphatic rings. The standard InChI is InChI=1S/C22H39N5/c1-5-26(4)18-21-9-6-8-20(16-21)17-25-22(23-3)24-12-7-13-27-14-10-19(2)11-15-27/h6,8-9,16,19H,5,7,10-15,17-18H2,1-4H3,(H2,23,24,25). The van der Waals surface area contributed by atoms with Crippen molar-refractivity contribution >= 4 is 5.96 Å². The number of rotatable bonds is 9. The zero-order chi connectivity index (χ0) is 19.5. The Bertz CT molecular complexity index is 564. The molecule has 0 aliphatic carbocycles. The molecule has 0 bridgehead atoms. The highest BCUT2D eigenvalue weighted by Gasteiger charge is 2.14. The van der Waals surface area contributed by atoms with Crippen LogP contribution >= 0.6 is 0 Å². The van der Waals surface area contributed by atoms with E-state index in [1.807, 2.05) is 7.05 Å². The summed E-state index contributed by atoms with van der Waals surface area (Å²) in [6, 6.07) is 8.80. The number of benzene rings is 1. The fourth-order valence-corrected chi connectivity index (χ4v) is 3.46. The summed E-state index contributed by atoms with van der Waals surface area (Å²) in [4.78, 5) is 9.26. The summed E-state index contributed by atoms with van der Waals surface area (Å²) in [5.74, 6) is 1.79. The number of hydrogen-bond acceptors (Lipinski definition) is 3. The second kappa shape index (κ2) is 12.0. The molecule has 0 amide bonds. The van der Waals surface area contributed by atoms with Crippen molar-refractivity contribution in [3.8, 4) is 0 Å². The third-order valence-electron chi connectivity index (χ3n) is 5.49. The third kappa shape index (κ3) is 8.31. The minimum absolute atomic E-state index is 0.799. The van der Waals surface area contributed by atoms with Crippen molar-refractivity contribution in [2.75, 3.05) is 46.8 Å². The zero-order valence-electron chi connectivity index (χ0n) is 17.8. The fourth-order valence-electron chi connectivity index (χ4n) is 3.46. The van der Waals surface area contributed by atoms with Gasteiger partial charge in [-0.05, 0) is 69.5 Å². The van der Waals surface area contributed by atoms with E-state index in [1.165, 1.54) is 43.6 Å². The number of guanidine groups is 1. The van der Waals surface area contributed by atoms with Gasteiger partial charge in [-0.2, -0.15) is 0 Å². The van der Waals surface area contributed by atoms with Crippen molar-refractivity contribution in [1.82, 2.24) is 20.4 Å². The molecular formula is C22H39N5. The highest BCUT2D eigenvalue weighted by Crippen LogP contribution is 2.15. The topological polar surface area (TPSA) is 42.9 Å². The predicted octanol–water partition coefficient (Wildman–Crippen LogP) is 2.93. The molecule has 0 aromatic heterocycles. The van der Waals surface area contributed by atoms with E-state index in [9.17, 15) is 0 Å². The van der Waals surface area contributed by atoms with Gasteiger partial charge in [0.1, 0.15) is 0 Å². The summed E-state index contributed by atoms with van der Waals surface area (Å²) in [5, 5.41) is 6.88. The molecule has 0 unspecified atom stereocenters. The van der Waals surface area contributed by atoms with Gasteiger partial charge in [-0.15, -0.1) is 0 Å². The second-order valence-electron chi connectivity index (χ2n) is 7.88. The third-order valence-corrected chi connectivity index (χ3v) is 5.49. The van der Waals surface area contributed by atoms with Gasteiger partial charge >= 0.3 is 0 Å². The molecule has 0 saturated carbocycles. The molecule has 0 spiro atoms. The predicted molar refractivity (Wildman–Crippen MR) is 116 cm³/mol. The number of nitrogens with zero attached hydrogens (tertiary/aromatic N) is 3. The molecule has 0 radical (unpaired) electrons. The van der Waals surface area contributed by atoms with Crippen LogP contribution in [0.4, 0.5) is 0 Å². The van der Waals surface area contributed by atoms with Gasteiger partial charge < -0.3 is 20.4 Å². The summed E-state index contributed by atoms with van der Waals surface area (Å²) in [6.07, 6.45) is 3.86. The molecule has 1 saturated heterocycles. The first-order valence-corrected chi connectivity index (χ1v) is 10.5. The Morgan fingerprint density at radius 3 is 2.67 bits per heavy atom. The van der Waals surface area contributed by atoms with Crippen molar-refractivity contribution < 1.29 is 0 Å². The Morgan fingerprint density at radius 1 is 1.22 bits per heavy atom. The van der Waals surface area contributed by atoms with E-state index in [1.54, 1.807) is 0 Å². The van der Waals surface area contributed by atoms with E-state index < -0.39 is 0 Å². The van der Waals surface area contributed by atoms with Gasteiger partial charge in [0.15, 0.2) is 5.96 Å². The van der Waals surface area contributed by atoms with Crippen LogP contribution < -0.4 is 10.6 Å². The van der Waals surface area contributed by atoms with Crippen LogP contribution in [0.5, 0.6) is 0 Å². The molecule has 1 aromatic rings. The second-order valence-corrected chi connectivity index (χ2v) is 7.88. The Balaban J connectivity index is 1.67. The molecule has 2 N–H and O–H groups in total. The minimum Gasteiger partial charge on any atom is -0.356 e. The maximum Gasteiger partial charge on any atom is 0.191 e. The van der Waals surface area contributed by atoms with E-state index in [4.69, 9.17) is 0 Å². The average Bonchev–Trinajstić information content (AvgIpc) is 2.69. The van der Waals surface area contributed by atoms with E-state index in [0.29, 0.717) is 0 Å². The van der Waals surface area contributed by atoms with E-state index >= 15 is 0 Å². The maximum absolute atomic E-state index is 4.35. The summed E-state index contributed by atoms with van der Waals surface area (Å²) >= 11 is 0. The van der Waals surface area contributed by atoms with Gasteiger partial charge in [0.2, 0.25) is 0 Å². The summed E-state index contributed by atoms with van der Waals surface area (Å²) in [5.41, 5.74) is 2.65. The highest BCUT2D eigenvalue weighted by molar-refractivity contribution is 5.79. The summed E-state index contributed by atoms with van der Waals surface area (Å²) < 4.78 is 0. The molecular weight excluding hydrogens is 334 g/mol. The number of likely N-dealkylation sites (tertiary alicyclic amines) is 1. The van der Waals surface area contributed by atoms with E-state index in [2.05, 4.69) is 70.6 Å². The lowest BCUT2D eigenvalue weighted by Crippen LogP contribution is -2.39. The quantitative estimate of drug-likeness (QED) is 0.397. The number of hydrogen-bond donors (Lipinski definition) is 2. The van der Waals surface area contributed by atoms with Crippen molar-refractivity contribution in [3.05, 3.63) is 35.4 Å².